The van der Waals surface area contributed by atoms with Gasteiger partial charge in [-0.1, -0.05) is 170 Å². The molecule has 0 spiro atoms. The van der Waals surface area contributed by atoms with Crippen molar-refractivity contribution in [3.8, 4) is 39.1 Å². The Bertz CT molecular complexity index is 4260. The lowest BCUT2D eigenvalue weighted by atomic mass is 9.95. The topological polar surface area (TPSA) is 21.3 Å². The molecule has 0 N–H and O–H groups in total. The van der Waals surface area contributed by atoms with Crippen molar-refractivity contribution in [1.82, 2.24) is 4.57 Å². The van der Waals surface area contributed by atoms with Crippen LogP contribution in [-0.4, -0.2) is 4.57 Å². The second-order valence-electron chi connectivity index (χ2n) is 18.1. The maximum Gasteiger partial charge on any atom is 0.143 e. The van der Waals surface area contributed by atoms with Crippen LogP contribution in [0.4, 0.5) is 17.1 Å². The summed E-state index contributed by atoms with van der Waals surface area (Å²) in [5.74, 6) is 0. The maximum absolute atomic E-state index is 6.74. The number of benzene rings is 12. The number of hydrogen-bond donors (Lipinski definition) is 0. The van der Waals surface area contributed by atoms with Crippen molar-refractivity contribution in [2.45, 2.75) is 0 Å². The van der Waals surface area contributed by atoms with Gasteiger partial charge in [-0.25, -0.2) is 0 Å². The van der Waals surface area contributed by atoms with Crippen molar-refractivity contribution < 1.29 is 4.42 Å². The monoisotopic (exact) mass is 878 g/mol. The Morgan fingerprint density at radius 1 is 0.275 bits per heavy atom. The second-order valence-corrected chi connectivity index (χ2v) is 18.1. The van der Waals surface area contributed by atoms with Gasteiger partial charge in [0.05, 0.1) is 11.0 Å². The molecule has 3 heteroatoms. The molecule has 12 aromatic carbocycles. The zero-order valence-electron chi connectivity index (χ0n) is 37.6. The van der Waals surface area contributed by atoms with Gasteiger partial charge >= 0.3 is 0 Å². The molecule has 2 aromatic heterocycles. The molecule has 0 saturated carbocycles. The predicted molar refractivity (Wildman–Crippen MR) is 292 cm³/mol. The third kappa shape index (κ3) is 6.51. The van der Waals surface area contributed by atoms with Crippen LogP contribution in [-0.2, 0) is 0 Å². The van der Waals surface area contributed by atoms with Gasteiger partial charge in [0.15, 0.2) is 0 Å². The maximum atomic E-state index is 6.74. The van der Waals surface area contributed by atoms with Gasteiger partial charge in [0.25, 0.3) is 0 Å². The van der Waals surface area contributed by atoms with Crippen LogP contribution in [0.3, 0.4) is 0 Å². The van der Waals surface area contributed by atoms with Gasteiger partial charge < -0.3 is 13.9 Å². The van der Waals surface area contributed by atoms with Crippen molar-refractivity contribution in [1.29, 1.82) is 0 Å². The van der Waals surface area contributed by atoms with Crippen molar-refractivity contribution in [3.63, 3.8) is 0 Å². The Kier molecular flexibility index (Phi) is 8.90. The molecule has 2 heterocycles. The summed E-state index contributed by atoms with van der Waals surface area (Å²) in [6.07, 6.45) is 0. The molecule has 0 bridgehead atoms. The molecule has 0 radical (unpaired) electrons. The SMILES string of the molecule is c1cc(-c2ccc(N(c3ccc(-c4cccc(-n5c6ccccc6c6ccccc65)c4)cc3)c3ccc4c(c3)oc3c5ccccc5ccc43)cc2)cc(-c2ccc3c(ccc4ccccc43)c2)c1. The number of fused-ring (bicyclic) bond motifs is 11. The van der Waals surface area contributed by atoms with E-state index in [0.717, 1.165) is 66.8 Å². The fourth-order valence-electron chi connectivity index (χ4n) is 10.8. The van der Waals surface area contributed by atoms with E-state index < -0.39 is 0 Å². The highest BCUT2D eigenvalue weighted by Gasteiger charge is 2.18. The summed E-state index contributed by atoms with van der Waals surface area (Å²) >= 11 is 0. The third-order valence-corrected chi connectivity index (χ3v) is 14.1. The highest BCUT2D eigenvalue weighted by atomic mass is 16.3. The first-order valence-corrected chi connectivity index (χ1v) is 23.6. The summed E-state index contributed by atoms with van der Waals surface area (Å²) in [7, 11) is 0. The molecule has 0 saturated heterocycles. The van der Waals surface area contributed by atoms with E-state index in [1.54, 1.807) is 0 Å². The van der Waals surface area contributed by atoms with Crippen LogP contribution >= 0.6 is 0 Å². The molecule has 69 heavy (non-hydrogen) atoms. The van der Waals surface area contributed by atoms with E-state index in [2.05, 4.69) is 264 Å². The average molecular weight is 879 g/mol. The number of furan rings is 1. The predicted octanol–water partition coefficient (Wildman–Crippen LogP) is 18.6. The van der Waals surface area contributed by atoms with E-state index >= 15 is 0 Å². The Morgan fingerprint density at radius 2 is 0.754 bits per heavy atom. The largest absolute Gasteiger partial charge is 0.455 e. The zero-order chi connectivity index (χ0) is 45.4. The smallest absolute Gasteiger partial charge is 0.143 e. The van der Waals surface area contributed by atoms with E-state index in [0.29, 0.717) is 0 Å². The number of para-hydroxylation sites is 2. The molecule has 14 aromatic rings. The standard InChI is InChI=1S/C66H42N2O/c1-3-17-56-45(11-1)23-24-51-40-50(30-36-57(51)56)48-14-9-13-47(39-48)43-25-31-52(32-26-43)67(55-35-38-61-62-37-29-46-12-2-4-18-58(46)66(62)69-65(61)42-55)53-33-27-44(28-34-53)49-15-10-16-54(41-49)68-63-21-7-5-19-59(63)60-20-6-8-22-64(60)68/h1-42H. The number of anilines is 3. The summed E-state index contributed by atoms with van der Waals surface area (Å²) in [6.45, 7) is 0. The fraction of sp³-hybridized carbons (Fsp3) is 0. The molecule has 3 nitrogen and oxygen atoms in total. The summed E-state index contributed by atoms with van der Waals surface area (Å²) in [5, 5.41) is 12.1. The fourth-order valence-corrected chi connectivity index (χ4v) is 10.8. The van der Waals surface area contributed by atoms with Crippen molar-refractivity contribution in [2.75, 3.05) is 4.90 Å². The lowest BCUT2D eigenvalue weighted by Gasteiger charge is -2.26. The zero-order valence-corrected chi connectivity index (χ0v) is 37.6. The van der Waals surface area contributed by atoms with Crippen molar-refractivity contribution >= 4 is 93.1 Å². The van der Waals surface area contributed by atoms with Gasteiger partial charge in [-0.15, -0.1) is 0 Å². The molecule has 0 aliphatic heterocycles. The van der Waals surface area contributed by atoms with Gasteiger partial charge in [0.2, 0.25) is 0 Å². The average Bonchev–Trinajstić information content (AvgIpc) is 3.97. The van der Waals surface area contributed by atoms with E-state index in [-0.39, 0.29) is 0 Å². The van der Waals surface area contributed by atoms with Gasteiger partial charge in [0.1, 0.15) is 11.2 Å². The molecular weight excluding hydrogens is 837 g/mol. The van der Waals surface area contributed by atoms with Gasteiger partial charge in [0, 0.05) is 55.7 Å². The molecular formula is C66H42N2O. The summed E-state index contributed by atoms with van der Waals surface area (Å²) in [6, 6.07) is 92.4. The summed E-state index contributed by atoms with van der Waals surface area (Å²) in [5.41, 5.74) is 15.5. The van der Waals surface area contributed by atoms with Gasteiger partial charge in [-0.3, -0.25) is 0 Å². The summed E-state index contributed by atoms with van der Waals surface area (Å²) in [4.78, 5) is 2.34. The van der Waals surface area contributed by atoms with Gasteiger partial charge in [-0.2, -0.15) is 0 Å². The van der Waals surface area contributed by atoms with E-state index in [1.165, 1.54) is 65.4 Å². The van der Waals surface area contributed by atoms with E-state index in [9.17, 15) is 0 Å². The molecule has 0 unspecified atom stereocenters. The van der Waals surface area contributed by atoms with Crippen molar-refractivity contribution in [2.24, 2.45) is 0 Å². The normalized spacial score (nSPS) is 11.8. The van der Waals surface area contributed by atoms with Crippen molar-refractivity contribution in [3.05, 3.63) is 255 Å². The van der Waals surface area contributed by atoms with Crippen LogP contribution < -0.4 is 4.90 Å². The molecule has 0 fully saturated rings. The van der Waals surface area contributed by atoms with Crippen LogP contribution in [0, 0.1) is 0 Å². The second kappa shape index (κ2) is 15.7. The molecule has 322 valence electrons. The van der Waals surface area contributed by atoms with Crippen LogP contribution in [0.15, 0.2) is 259 Å². The first-order valence-electron chi connectivity index (χ1n) is 23.6. The molecule has 0 aliphatic carbocycles. The minimum atomic E-state index is 0.859. The number of nitrogens with zero attached hydrogens (tertiary/aromatic N) is 2. The van der Waals surface area contributed by atoms with E-state index in [4.69, 9.17) is 4.42 Å². The Hall–Kier alpha value is -9.18. The Morgan fingerprint density at radius 3 is 1.46 bits per heavy atom. The highest BCUT2D eigenvalue weighted by Crippen LogP contribution is 2.42. The Labute approximate surface area is 399 Å². The number of hydrogen-bond acceptors (Lipinski definition) is 2. The Balaban J connectivity index is 0.841. The van der Waals surface area contributed by atoms with Crippen LogP contribution in [0.25, 0.3) is 115 Å². The van der Waals surface area contributed by atoms with Gasteiger partial charge in [-0.05, 0) is 139 Å². The minimum Gasteiger partial charge on any atom is -0.455 e. The highest BCUT2D eigenvalue weighted by molar-refractivity contribution is 6.16. The molecule has 0 amide bonds. The summed E-state index contributed by atoms with van der Waals surface area (Å²) < 4.78 is 9.12. The first kappa shape index (κ1) is 39.0. The molecule has 0 aliphatic rings. The quantitative estimate of drug-likeness (QED) is 0.149. The lowest BCUT2D eigenvalue weighted by molar-refractivity contribution is 0.672. The third-order valence-electron chi connectivity index (χ3n) is 14.1. The molecule has 14 rings (SSSR count). The first-order chi connectivity index (χ1) is 34.2. The van der Waals surface area contributed by atoms with Crippen LogP contribution in [0.1, 0.15) is 0 Å². The number of aromatic nitrogens is 1. The molecule has 0 atom stereocenters. The van der Waals surface area contributed by atoms with Crippen LogP contribution in [0.2, 0.25) is 0 Å². The van der Waals surface area contributed by atoms with Crippen LogP contribution in [0.5, 0.6) is 0 Å². The van der Waals surface area contributed by atoms with E-state index in [1.807, 2.05) is 0 Å². The minimum absolute atomic E-state index is 0.859. The lowest BCUT2D eigenvalue weighted by Crippen LogP contribution is -2.09. The number of rotatable bonds is 7.